The number of carbonyl (C=O) groups is 2. The molecule has 0 spiro atoms. The molecule has 0 bridgehead atoms. The lowest BCUT2D eigenvalue weighted by atomic mass is 10.0. The average Bonchev–Trinajstić information content (AvgIpc) is 3.31. The molecule has 3 aromatic heterocycles. The zero-order chi connectivity index (χ0) is 22.1. The first-order chi connectivity index (χ1) is 15.6. The Morgan fingerprint density at radius 2 is 2.03 bits per heavy atom. The van der Waals surface area contributed by atoms with E-state index in [-0.39, 0.29) is 5.91 Å². The van der Waals surface area contributed by atoms with Crippen molar-refractivity contribution in [1.82, 2.24) is 14.9 Å². The topological polar surface area (TPSA) is 72.4 Å². The summed E-state index contributed by atoms with van der Waals surface area (Å²) in [5.74, 6) is -0.719. The van der Waals surface area contributed by atoms with E-state index >= 15 is 0 Å². The fraction of sp³-hybridized carbons (Fsp3) is 0.200. The summed E-state index contributed by atoms with van der Waals surface area (Å²) in [7, 11) is 0. The van der Waals surface area contributed by atoms with Crippen LogP contribution >= 0.6 is 11.3 Å². The van der Waals surface area contributed by atoms with Crippen LogP contribution in [0.2, 0.25) is 0 Å². The Balaban J connectivity index is 1.40. The Labute approximate surface area is 189 Å². The summed E-state index contributed by atoms with van der Waals surface area (Å²) in [5, 5.41) is 2.74. The third-order valence-electron chi connectivity index (χ3n) is 5.64. The van der Waals surface area contributed by atoms with Crippen molar-refractivity contribution < 1.29 is 14.3 Å². The molecule has 1 aliphatic rings. The predicted octanol–water partition coefficient (Wildman–Crippen LogP) is 4.49. The zero-order valence-corrected chi connectivity index (χ0v) is 18.3. The highest BCUT2D eigenvalue weighted by atomic mass is 32.1. The molecule has 4 heterocycles. The van der Waals surface area contributed by atoms with E-state index in [9.17, 15) is 9.59 Å². The Bertz CT molecular complexity index is 1300. The van der Waals surface area contributed by atoms with Crippen LogP contribution in [-0.4, -0.2) is 39.4 Å². The summed E-state index contributed by atoms with van der Waals surface area (Å²) >= 11 is 1.72. The van der Waals surface area contributed by atoms with Gasteiger partial charge in [0.25, 0.3) is 5.91 Å². The van der Waals surface area contributed by atoms with E-state index in [1.165, 1.54) is 10.4 Å². The van der Waals surface area contributed by atoms with E-state index in [0.29, 0.717) is 35.2 Å². The number of carbonyl (C=O) groups excluding carboxylic acids is 2. The lowest BCUT2D eigenvalue weighted by Gasteiger charge is -2.29. The van der Waals surface area contributed by atoms with E-state index in [1.807, 2.05) is 36.4 Å². The minimum atomic E-state index is -0.878. The minimum Gasteiger partial charge on any atom is -0.449 e. The molecule has 5 rings (SSSR count). The van der Waals surface area contributed by atoms with Crippen LogP contribution in [0.3, 0.4) is 0 Å². The molecule has 1 atom stereocenters. The Morgan fingerprint density at radius 3 is 2.88 bits per heavy atom. The second kappa shape index (κ2) is 8.51. The van der Waals surface area contributed by atoms with Gasteiger partial charge in [0, 0.05) is 41.3 Å². The molecule has 4 aromatic rings. The summed E-state index contributed by atoms with van der Waals surface area (Å²) in [4.78, 5) is 38.0. The quantitative estimate of drug-likeness (QED) is 0.435. The number of ether oxygens (including phenoxy) is 1. The number of pyridine rings is 2. The van der Waals surface area contributed by atoms with Crippen LogP contribution in [0.25, 0.3) is 22.2 Å². The van der Waals surface area contributed by atoms with Crippen LogP contribution in [0.1, 0.15) is 27.7 Å². The molecule has 0 fully saturated rings. The van der Waals surface area contributed by atoms with Crippen molar-refractivity contribution in [3.8, 4) is 11.3 Å². The second-order valence-corrected chi connectivity index (χ2v) is 8.74. The predicted molar refractivity (Wildman–Crippen MR) is 123 cm³/mol. The molecule has 160 valence electrons. The molecule has 6 nitrogen and oxygen atoms in total. The molecule has 0 N–H and O–H groups in total. The number of fused-ring (bicyclic) bond motifs is 2. The van der Waals surface area contributed by atoms with Gasteiger partial charge >= 0.3 is 5.97 Å². The van der Waals surface area contributed by atoms with E-state index in [4.69, 9.17) is 4.74 Å². The first-order valence-electron chi connectivity index (χ1n) is 10.5. The average molecular weight is 444 g/mol. The fourth-order valence-corrected chi connectivity index (χ4v) is 4.86. The van der Waals surface area contributed by atoms with E-state index < -0.39 is 12.1 Å². The van der Waals surface area contributed by atoms with Gasteiger partial charge in [-0.3, -0.25) is 9.78 Å². The van der Waals surface area contributed by atoms with Gasteiger partial charge < -0.3 is 9.64 Å². The maximum absolute atomic E-state index is 13.2. The van der Waals surface area contributed by atoms with Crippen LogP contribution in [0.15, 0.2) is 66.3 Å². The second-order valence-electron chi connectivity index (χ2n) is 7.74. The first kappa shape index (κ1) is 20.3. The van der Waals surface area contributed by atoms with Crippen molar-refractivity contribution in [2.75, 3.05) is 6.54 Å². The molecular weight excluding hydrogens is 422 g/mol. The summed E-state index contributed by atoms with van der Waals surface area (Å²) in [5.41, 5.74) is 3.67. The first-order valence-corrected chi connectivity index (χ1v) is 11.3. The molecular formula is C25H21N3O3S. The van der Waals surface area contributed by atoms with Crippen molar-refractivity contribution in [2.24, 2.45) is 0 Å². The molecule has 32 heavy (non-hydrogen) atoms. The number of aromatic nitrogens is 2. The van der Waals surface area contributed by atoms with Crippen molar-refractivity contribution in [1.29, 1.82) is 0 Å². The van der Waals surface area contributed by atoms with Gasteiger partial charge in [0.2, 0.25) is 0 Å². The number of hydrogen-bond acceptors (Lipinski definition) is 6. The summed E-state index contributed by atoms with van der Waals surface area (Å²) in [6.07, 6.45) is 3.35. The standard InChI is InChI=1S/C25H21N3O3S/c1-16(24(29)28-11-8-23-18(15-28)9-12-32-23)31-25(30)20-13-22(17-5-4-10-26-14-17)27-21-7-3-2-6-19(20)21/h2-7,9-10,12-14,16H,8,11,15H2,1H3. The molecule has 1 aromatic carbocycles. The molecule has 1 aliphatic heterocycles. The lowest BCUT2D eigenvalue weighted by Crippen LogP contribution is -2.42. The lowest BCUT2D eigenvalue weighted by molar-refractivity contribution is -0.140. The Hall–Kier alpha value is -3.58. The highest BCUT2D eigenvalue weighted by Crippen LogP contribution is 2.27. The van der Waals surface area contributed by atoms with Gasteiger partial charge in [-0.2, -0.15) is 0 Å². The molecule has 7 heteroatoms. The Kier molecular flexibility index (Phi) is 5.41. The highest BCUT2D eigenvalue weighted by Gasteiger charge is 2.28. The van der Waals surface area contributed by atoms with E-state index in [2.05, 4.69) is 21.4 Å². The van der Waals surface area contributed by atoms with Gasteiger partial charge in [-0.05, 0) is 54.6 Å². The molecule has 0 saturated carbocycles. The normalized spacial score (nSPS) is 14.1. The van der Waals surface area contributed by atoms with Gasteiger partial charge in [0.05, 0.1) is 16.8 Å². The van der Waals surface area contributed by atoms with Crippen LogP contribution < -0.4 is 0 Å². The smallest absolute Gasteiger partial charge is 0.339 e. The van der Waals surface area contributed by atoms with Gasteiger partial charge in [0.15, 0.2) is 6.10 Å². The summed E-state index contributed by atoms with van der Waals surface area (Å²) in [6, 6.07) is 14.9. The van der Waals surface area contributed by atoms with Crippen LogP contribution in [-0.2, 0) is 22.5 Å². The number of esters is 1. The number of benzene rings is 1. The third kappa shape index (κ3) is 3.87. The maximum atomic E-state index is 13.2. The third-order valence-corrected chi connectivity index (χ3v) is 6.67. The number of para-hydroxylation sites is 1. The van der Waals surface area contributed by atoms with E-state index in [0.717, 1.165) is 12.0 Å². The number of amides is 1. The summed E-state index contributed by atoms with van der Waals surface area (Å²) < 4.78 is 5.65. The van der Waals surface area contributed by atoms with Gasteiger partial charge in [-0.15, -0.1) is 11.3 Å². The molecule has 0 saturated heterocycles. The largest absolute Gasteiger partial charge is 0.449 e. The van der Waals surface area contributed by atoms with Crippen LogP contribution in [0.4, 0.5) is 0 Å². The number of nitrogens with zero attached hydrogens (tertiary/aromatic N) is 3. The van der Waals surface area contributed by atoms with Crippen molar-refractivity contribution >= 4 is 34.1 Å². The van der Waals surface area contributed by atoms with Gasteiger partial charge in [-0.25, -0.2) is 9.78 Å². The molecule has 1 unspecified atom stereocenters. The summed E-state index contributed by atoms with van der Waals surface area (Å²) in [6.45, 7) is 2.83. The maximum Gasteiger partial charge on any atom is 0.339 e. The van der Waals surface area contributed by atoms with Crippen molar-refractivity contribution in [2.45, 2.75) is 26.0 Å². The highest BCUT2D eigenvalue weighted by molar-refractivity contribution is 7.10. The zero-order valence-electron chi connectivity index (χ0n) is 17.5. The van der Waals surface area contributed by atoms with Crippen molar-refractivity contribution in [3.05, 3.63) is 82.3 Å². The van der Waals surface area contributed by atoms with Crippen molar-refractivity contribution in [3.63, 3.8) is 0 Å². The molecule has 1 amide bonds. The fourth-order valence-electron chi connectivity index (χ4n) is 3.97. The Morgan fingerprint density at radius 1 is 1.16 bits per heavy atom. The van der Waals surface area contributed by atoms with E-state index in [1.54, 1.807) is 41.6 Å². The number of thiophene rings is 1. The van der Waals surface area contributed by atoms with Gasteiger partial charge in [0.1, 0.15) is 0 Å². The minimum absolute atomic E-state index is 0.180. The van der Waals surface area contributed by atoms with Gasteiger partial charge in [-0.1, -0.05) is 18.2 Å². The molecule has 0 radical (unpaired) electrons. The monoisotopic (exact) mass is 443 g/mol. The number of rotatable bonds is 4. The SMILES string of the molecule is CC(OC(=O)c1cc(-c2cccnc2)nc2ccccc12)C(=O)N1CCc2sccc2C1. The van der Waals surface area contributed by atoms with Crippen LogP contribution in [0, 0.1) is 0 Å². The molecule has 0 aliphatic carbocycles. The van der Waals surface area contributed by atoms with Crippen LogP contribution in [0.5, 0.6) is 0 Å². The number of hydrogen-bond donors (Lipinski definition) is 0.